The highest BCUT2D eigenvalue weighted by Crippen LogP contribution is 2.70. The molecule has 0 saturated heterocycles. The Bertz CT molecular complexity index is 1320. The molecule has 0 aliphatic heterocycles. The summed E-state index contributed by atoms with van der Waals surface area (Å²) in [7, 11) is 0. The van der Waals surface area contributed by atoms with Crippen LogP contribution in [0.1, 0.15) is 87.5 Å². The molecule has 4 rings (SSSR count). The van der Waals surface area contributed by atoms with Crippen molar-refractivity contribution in [2.45, 2.75) is 99.7 Å². The summed E-state index contributed by atoms with van der Waals surface area (Å²) >= 11 is 0. The summed E-state index contributed by atoms with van der Waals surface area (Å²) in [5.74, 6) is -4.79. The molecule has 0 bridgehead atoms. The van der Waals surface area contributed by atoms with Crippen molar-refractivity contribution in [3.05, 3.63) is 22.8 Å². The number of allylic oxidation sites excluding steroid dienone is 2. The van der Waals surface area contributed by atoms with Gasteiger partial charge in [-0.05, 0) is 50.2 Å². The number of aliphatic hydroxyl groups excluding tert-OH is 1. The Labute approximate surface area is 240 Å². The van der Waals surface area contributed by atoms with E-state index in [1.807, 2.05) is 20.8 Å². The standard InChI is InChI=1S/C32H42O9/c1-15(11-18(34)12-16(2)28(39)40)19-13-23(37)32(8)24-20(35)14-21-29(4,5)22(36)9-10-30(21,6)25(24)26(38)27(31(19,32)7)41-17(3)33/h11,16,19-21,27,35H,9-10,12-14H2,1-8H3,(H,39,40)/b15-11-/t16-,19-,20+,21+,27-,30+,31+,32+/m1/s1. The lowest BCUT2D eigenvalue weighted by Crippen LogP contribution is -2.65. The van der Waals surface area contributed by atoms with Crippen LogP contribution >= 0.6 is 0 Å². The fourth-order valence-corrected chi connectivity index (χ4v) is 8.84. The van der Waals surface area contributed by atoms with Gasteiger partial charge in [-0.15, -0.1) is 0 Å². The summed E-state index contributed by atoms with van der Waals surface area (Å²) in [6.45, 7) is 13.3. The maximum absolute atomic E-state index is 14.6. The van der Waals surface area contributed by atoms with Crippen molar-refractivity contribution >= 4 is 35.1 Å². The zero-order valence-corrected chi connectivity index (χ0v) is 25.3. The van der Waals surface area contributed by atoms with Gasteiger partial charge in [-0.2, -0.15) is 0 Å². The number of hydrogen-bond donors (Lipinski definition) is 2. The first-order chi connectivity index (χ1) is 18.8. The van der Waals surface area contributed by atoms with Crippen LogP contribution in [0.5, 0.6) is 0 Å². The number of ketones is 4. The van der Waals surface area contributed by atoms with Crippen molar-refractivity contribution < 1.29 is 43.7 Å². The Balaban J connectivity index is 1.94. The molecule has 2 saturated carbocycles. The quantitative estimate of drug-likeness (QED) is 0.359. The second kappa shape index (κ2) is 9.82. The van der Waals surface area contributed by atoms with Crippen LogP contribution in [-0.4, -0.2) is 57.5 Å². The maximum atomic E-state index is 14.6. The molecular formula is C32H42O9. The molecule has 4 aliphatic rings. The molecular weight excluding hydrogens is 528 g/mol. The molecule has 41 heavy (non-hydrogen) atoms. The van der Waals surface area contributed by atoms with Crippen LogP contribution < -0.4 is 0 Å². The van der Waals surface area contributed by atoms with E-state index in [1.54, 1.807) is 20.8 Å². The number of carbonyl (C=O) groups excluding carboxylic acids is 5. The van der Waals surface area contributed by atoms with E-state index in [9.17, 15) is 39.0 Å². The van der Waals surface area contributed by atoms with Crippen molar-refractivity contribution in [1.29, 1.82) is 0 Å². The molecule has 2 N–H and O–H groups in total. The normalized spacial score (nSPS) is 39.0. The number of esters is 1. The topological polar surface area (TPSA) is 152 Å². The average Bonchev–Trinajstić information content (AvgIpc) is 3.07. The van der Waals surface area contributed by atoms with Gasteiger partial charge in [0.2, 0.25) is 5.78 Å². The van der Waals surface area contributed by atoms with Gasteiger partial charge >= 0.3 is 11.9 Å². The minimum absolute atomic E-state index is 0.0459. The molecule has 0 unspecified atom stereocenters. The lowest BCUT2D eigenvalue weighted by atomic mass is 9.42. The van der Waals surface area contributed by atoms with Crippen LogP contribution in [-0.2, 0) is 33.5 Å². The number of aliphatic hydroxyl groups is 1. The summed E-state index contributed by atoms with van der Waals surface area (Å²) in [6, 6.07) is 0. The fourth-order valence-electron chi connectivity index (χ4n) is 8.84. The van der Waals surface area contributed by atoms with Crippen LogP contribution in [0.15, 0.2) is 22.8 Å². The molecule has 0 aromatic rings. The van der Waals surface area contributed by atoms with E-state index in [0.29, 0.717) is 23.1 Å². The highest BCUT2D eigenvalue weighted by molar-refractivity contribution is 6.09. The van der Waals surface area contributed by atoms with Gasteiger partial charge in [0.05, 0.1) is 17.4 Å². The molecule has 0 aromatic carbocycles. The first-order valence-corrected chi connectivity index (χ1v) is 14.4. The van der Waals surface area contributed by atoms with Gasteiger partial charge in [-0.1, -0.05) is 40.2 Å². The molecule has 224 valence electrons. The van der Waals surface area contributed by atoms with E-state index in [2.05, 4.69) is 0 Å². The van der Waals surface area contributed by atoms with Crippen molar-refractivity contribution in [2.75, 3.05) is 0 Å². The molecule has 0 radical (unpaired) electrons. The number of ether oxygens (including phenoxy) is 1. The molecule has 9 nitrogen and oxygen atoms in total. The highest BCUT2D eigenvalue weighted by Gasteiger charge is 2.74. The Morgan fingerprint density at radius 2 is 1.66 bits per heavy atom. The summed E-state index contributed by atoms with van der Waals surface area (Å²) in [6.07, 6.45) is -0.622. The van der Waals surface area contributed by atoms with Gasteiger partial charge in [0.15, 0.2) is 11.9 Å². The van der Waals surface area contributed by atoms with Gasteiger partial charge in [-0.3, -0.25) is 28.8 Å². The minimum atomic E-state index is -1.40. The third-order valence-corrected chi connectivity index (χ3v) is 11.3. The molecule has 0 aromatic heterocycles. The fraction of sp³-hybridized carbons (Fsp3) is 0.688. The van der Waals surface area contributed by atoms with E-state index in [0.717, 1.165) is 0 Å². The van der Waals surface area contributed by atoms with Gasteiger partial charge in [-0.25, -0.2) is 0 Å². The van der Waals surface area contributed by atoms with E-state index in [-0.39, 0.29) is 43.2 Å². The average molecular weight is 571 g/mol. The summed E-state index contributed by atoms with van der Waals surface area (Å²) in [4.78, 5) is 78.2. The number of fused-ring (bicyclic) bond motifs is 4. The van der Waals surface area contributed by atoms with E-state index >= 15 is 0 Å². The van der Waals surface area contributed by atoms with Crippen molar-refractivity contribution in [3.8, 4) is 0 Å². The van der Waals surface area contributed by atoms with Gasteiger partial charge in [0, 0.05) is 48.0 Å². The van der Waals surface area contributed by atoms with Gasteiger partial charge in [0.1, 0.15) is 11.6 Å². The SMILES string of the molecule is CC(=O)O[C@@H]1C(=O)C2=C([C@@H](O)C[C@H]3C(C)(C)C(=O)CC[C@]23C)[C@]2(C)C(=O)C[C@H](/C(C)=C\C(=O)C[C@@H](C)C(=O)O)[C@@]12C. The zero-order chi connectivity index (χ0) is 31.0. The van der Waals surface area contributed by atoms with Crippen LogP contribution in [0.25, 0.3) is 0 Å². The van der Waals surface area contributed by atoms with E-state index in [1.165, 1.54) is 19.9 Å². The van der Waals surface area contributed by atoms with Crippen LogP contribution in [0.2, 0.25) is 0 Å². The van der Waals surface area contributed by atoms with Crippen molar-refractivity contribution in [1.82, 2.24) is 0 Å². The van der Waals surface area contributed by atoms with Crippen molar-refractivity contribution in [3.63, 3.8) is 0 Å². The van der Waals surface area contributed by atoms with Gasteiger partial charge < -0.3 is 14.9 Å². The third kappa shape index (κ3) is 4.21. The summed E-state index contributed by atoms with van der Waals surface area (Å²) < 4.78 is 5.78. The maximum Gasteiger partial charge on any atom is 0.306 e. The second-order valence-corrected chi connectivity index (χ2v) is 13.9. The number of carboxylic acids is 1. The molecule has 0 spiro atoms. The summed E-state index contributed by atoms with van der Waals surface area (Å²) in [5.41, 5.74) is -3.21. The number of Topliss-reactive ketones (excluding diaryl/α,β-unsaturated/α-hetero) is 3. The Kier molecular flexibility index (Phi) is 7.42. The predicted molar refractivity (Wildman–Crippen MR) is 147 cm³/mol. The number of carboxylic acid groups (broad SMARTS) is 1. The van der Waals surface area contributed by atoms with Crippen LogP contribution in [0.4, 0.5) is 0 Å². The smallest absolute Gasteiger partial charge is 0.306 e. The van der Waals surface area contributed by atoms with Crippen LogP contribution in [0, 0.1) is 39.4 Å². The van der Waals surface area contributed by atoms with Crippen LogP contribution in [0.3, 0.4) is 0 Å². The Morgan fingerprint density at radius 3 is 2.22 bits per heavy atom. The number of rotatable bonds is 6. The molecule has 0 heterocycles. The lowest BCUT2D eigenvalue weighted by molar-refractivity contribution is -0.174. The number of aliphatic carboxylic acids is 1. The van der Waals surface area contributed by atoms with Crippen molar-refractivity contribution in [2.24, 2.45) is 39.4 Å². The van der Waals surface area contributed by atoms with E-state index in [4.69, 9.17) is 4.74 Å². The van der Waals surface area contributed by atoms with Gasteiger partial charge in [0.25, 0.3) is 0 Å². The Hall–Kier alpha value is -2.94. The molecule has 2 fully saturated rings. The van der Waals surface area contributed by atoms with E-state index < -0.39 is 69.2 Å². The zero-order valence-electron chi connectivity index (χ0n) is 25.3. The number of carbonyl (C=O) groups is 6. The Morgan fingerprint density at radius 1 is 1.05 bits per heavy atom. The highest BCUT2D eigenvalue weighted by atomic mass is 16.5. The predicted octanol–water partition coefficient (Wildman–Crippen LogP) is 3.80. The molecule has 0 amide bonds. The monoisotopic (exact) mass is 570 g/mol. The molecule has 9 heteroatoms. The minimum Gasteiger partial charge on any atom is -0.481 e. The third-order valence-electron chi connectivity index (χ3n) is 11.3. The molecule has 4 aliphatic carbocycles. The second-order valence-electron chi connectivity index (χ2n) is 13.9. The lowest BCUT2D eigenvalue weighted by Gasteiger charge is -2.61. The first-order valence-electron chi connectivity index (χ1n) is 14.4. The molecule has 8 atom stereocenters. The first kappa shape index (κ1) is 31.0. The number of hydrogen-bond acceptors (Lipinski definition) is 8. The largest absolute Gasteiger partial charge is 0.481 e. The summed E-state index contributed by atoms with van der Waals surface area (Å²) in [5, 5.41) is 20.9.